The number of hydrogen-bond donors (Lipinski definition) is 1. The molecule has 200 valence electrons. The number of amides is 3. The summed E-state index contributed by atoms with van der Waals surface area (Å²) in [7, 11) is 4.16. The van der Waals surface area contributed by atoms with E-state index in [1.165, 1.54) is 37.9 Å². The molecular weight excluding hydrogens is 454 g/mol. The Kier molecular flexibility index (Phi) is 14.6. The van der Waals surface area contributed by atoms with E-state index in [2.05, 4.69) is 10.1 Å². The van der Waals surface area contributed by atoms with Gasteiger partial charge in [0.15, 0.2) is 0 Å². The van der Waals surface area contributed by atoms with Crippen LogP contribution in [0.3, 0.4) is 0 Å². The highest BCUT2D eigenvalue weighted by Crippen LogP contribution is 2.22. The lowest BCUT2D eigenvalue weighted by Crippen LogP contribution is -2.60. The Morgan fingerprint density at radius 2 is 1.66 bits per heavy atom. The van der Waals surface area contributed by atoms with Gasteiger partial charge in [0.2, 0.25) is 17.7 Å². The average Bonchev–Trinajstić information content (AvgIpc) is 2.78. The van der Waals surface area contributed by atoms with E-state index in [9.17, 15) is 24.0 Å². The second-order valence-corrected chi connectivity index (χ2v) is 9.14. The molecule has 0 aliphatic rings. The van der Waals surface area contributed by atoms with Gasteiger partial charge < -0.3 is 24.6 Å². The molecule has 0 rings (SSSR count). The van der Waals surface area contributed by atoms with Gasteiger partial charge in [-0.25, -0.2) is 0 Å². The van der Waals surface area contributed by atoms with Crippen molar-refractivity contribution in [3.05, 3.63) is 12.2 Å². The molecule has 0 aliphatic carbocycles. The van der Waals surface area contributed by atoms with Crippen LogP contribution >= 0.6 is 0 Å². The maximum absolute atomic E-state index is 13.6. The largest absolute Gasteiger partial charge is 0.468 e. The topological polar surface area (TPSA) is 122 Å². The minimum absolute atomic E-state index is 0.0539. The zero-order valence-corrected chi connectivity index (χ0v) is 22.6. The summed E-state index contributed by atoms with van der Waals surface area (Å²) < 4.78 is 10.2. The van der Waals surface area contributed by atoms with Crippen LogP contribution in [-0.4, -0.2) is 85.4 Å². The molecule has 0 fully saturated rings. The molecule has 1 N–H and O–H groups in total. The van der Waals surface area contributed by atoms with Crippen LogP contribution in [0.5, 0.6) is 0 Å². The molecule has 0 aromatic rings. The van der Waals surface area contributed by atoms with Crippen molar-refractivity contribution >= 4 is 29.7 Å². The Morgan fingerprint density at radius 3 is 2.11 bits per heavy atom. The van der Waals surface area contributed by atoms with Crippen molar-refractivity contribution in [1.82, 2.24) is 15.1 Å². The SMILES string of the molecule is C/C=C/C[C@@H](C)[C@@H](OC(C)=O)C(C(=O)N[C@@H](CC)C(=O)N(C)CC(=O)OC)N(C)C(=O)CC(C)C. The summed E-state index contributed by atoms with van der Waals surface area (Å²) in [6, 6.07) is -2.10. The first-order chi connectivity index (χ1) is 16.3. The van der Waals surface area contributed by atoms with Gasteiger partial charge in [-0.3, -0.25) is 24.0 Å². The molecule has 10 heteroatoms. The number of nitrogens with zero attached hydrogens (tertiary/aromatic N) is 2. The highest BCUT2D eigenvalue weighted by Gasteiger charge is 2.41. The Morgan fingerprint density at radius 1 is 1.06 bits per heavy atom. The van der Waals surface area contributed by atoms with Gasteiger partial charge in [0.05, 0.1) is 7.11 Å². The third-order valence-electron chi connectivity index (χ3n) is 5.57. The van der Waals surface area contributed by atoms with E-state index in [4.69, 9.17) is 4.74 Å². The molecule has 0 aromatic carbocycles. The maximum Gasteiger partial charge on any atom is 0.325 e. The van der Waals surface area contributed by atoms with Crippen molar-refractivity contribution < 1.29 is 33.4 Å². The van der Waals surface area contributed by atoms with Crippen molar-refractivity contribution in [1.29, 1.82) is 0 Å². The monoisotopic (exact) mass is 497 g/mol. The third kappa shape index (κ3) is 10.9. The predicted octanol–water partition coefficient (Wildman–Crippen LogP) is 1.92. The van der Waals surface area contributed by atoms with E-state index >= 15 is 0 Å². The van der Waals surface area contributed by atoms with Crippen LogP contribution in [0.2, 0.25) is 0 Å². The summed E-state index contributed by atoms with van der Waals surface area (Å²) in [6.45, 7) is 10.2. The van der Waals surface area contributed by atoms with Crippen molar-refractivity contribution in [2.24, 2.45) is 11.8 Å². The number of allylic oxidation sites excluding steroid dienone is 2. The van der Waals surface area contributed by atoms with Crippen LogP contribution in [0.25, 0.3) is 0 Å². The Balaban J connectivity index is 6.15. The molecule has 0 saturated heterocycles. The Bertz CT molecular complexity index is 766. The molecule has 1 unspecified atom stereocenters. The first-order valence-corrected chi connectivity index (χ1v) is 12.0. The van der Waals surface area contributed by atoms with Crippen LogP contribution in [0.1, 0.15) is 60.8 Å². The van der Waals surface area contributed by atoms with E-state index in [0.717, 1.165) is 0 Å². The summed E-state index contributed by atoms with van der Waals surface area (Å²) >= 11 is 0. The van der Waals surface area contributed by atoms with Gasteiger partial charge in [0, 0.05) is 27.4 Å². The Hall–Kier alpha value is -2.91. The highest BCUT2D eigenvalue weighted by molar-refractivity contribution is 5.93. The third-order valence-corrected chi connectivity index (χ3v) is 5.57. The Labute approximate surface area is 209 Å². The number of methoxy groups -OCH3 is 1. The molecule has 0 bridgehead atoms. The molecule has 0 heterocycles. The van der Waals surface area contributed by atoms with Crippen LogP contribution in [-0.2, 0) is 33.4 Å². The molecule has 0 aliphatic heterocycles. The van der Waals surface area contributed by atoms with Crippen molar-refractivity contribution in [3.8, 4) is 0 Å². The molecule has 3 amide bonds. The number of nitrogens with one attached hydrogen (secondary N) is 1. The molecule has 35 heavy (non-hydrogen) atoms. The summed E-state index contributed by atoms with van der Waals surface area (Å²) in [5.41, 5.74) is 0. The van der Waals surface area contributed by atoms with Gasteiger partial charge >= 0.3 is 11.9 Å². The maximum atomic E-state index is 13.6. The predicted molar refractivity (Wildman–Crippen MR) is 132 cm³/mol. The fourth-order valence-corrected chi connectivity index (χ4v) is 3.56. The molecule has 0 saturated carbocycles. The van der Waals surface area contributed by atoms with Gasteiger partial charge in [0.1, 0.15) is 24.7 Å². The van der Waals surface area contributed by atoms with Crippen molar-refractivity contribution in [2.45, 2.75) is 79.0 Å². The number of hydrogen-bond acceptors (Lipinski definition) is 7. The standard InChI is InChI=1S/C25H43N3O7/c1-10-12-13-17(5)23(35-18(6)29)22(28(8)20(30)14-16(3)4)24(32)26-19(11-2)25(33)27(7)15-21(31)34-9/h10,12,16-17,19,22-23H,11,13-15H2,1-9H3,(H,26,32)/b12-10+/t17-,19+,22?,23-/m1/s1. The fourth-order valence-electron chi connectivity index (χ4n) is 3.56. The van der Waals surface area contributed by atoms with Crippen LogP contribution in [0.4, 0.5) is 0 Å². The van der Waals surface area contributed by atoms with E-state index in [0.29, 0.717) is 6.42 Å². The van der Waals surface area contributed by atoms with E-state index < -0.39 is 41.9 Å². The first-order valence-electron chi connectivity index (χ1n) is 12.0. The quantitative estimate of drug-likeness (QED) is 0.287. The van der Waals surface area contributed by atoms with Gasteiger partial charge in [-0.1, -0.05) is 39.8 Å². The molecule has 10 nitrogen and oxygen atoms in total. The smallest absolute Gasteiger partial charge is 0.325 e. The molecule has 0 radical (unpaired) electrons. The summed E-state index contributed by atoms with van der Waals surface area (Å²) in [5.74, 6) is -2.78. The number of carbonyl (C=O) groups excluding carboxylic acids is 5. The van der Waals surface area contributed by atoms with Gasteiger partial charge in [0.25, 0.3) is 0 Å². The number of rotatable bonds is 14. The zero-order chi connectivity index (χ0) is 27.3. The van der Waals surface area contributed by atoms with Gasteiger partial charge in [-0.2, -0.15) is 0 Å². The molecule has 0 aromatic heterocycles. The zero-order valence-electron chi connectivity index (χ0n) is 22.6. The average molecular weight is 498 g/mol. The van der Waals surface area contributed by atoms with Gasteiger partial charge in [-0.05, 0) is 31.6 Å². The number of ether oxygens (including phenoxy) is 2. The molecule has 0 spiro atoms. The van der Waals surface area contributed by atoms with Crippen LogP contribution in [0.15, 0.2) is 12.2 Å². The summed E-state index contributed by atoms with van der Waals surface area (Å²) in [4.78, 5) is 65.4. The first kappa shape index (κ1) is 32.1. The van der Waals surface area contributed by atoms with Crippen molar-refractivity contribution in [3.63, 3.8) is 0 Å². The normalized spacial score (nSPS) is 14.6. The van der Waals surface area contributed by atoms with Crippen LogP contribution in [0, 0.1) is 11.8 Å². The lowest BCUT2D eigenvalue weighted by atomic mass is 9.92. The van der Waals surface area contributed by atoms with Gasteiger partial charge in [-0.15, -0.1) is 0 Å². The minimum atomic E-state index is -1.15. The van der Waals surface area contributed by atoms with E-state index in [1.54, 1.807) is 6.92 Å². The highest BCUT2D eigenvalue weighted by atomic mass is 16.5. The summed E-state index contributed by atoms with van der Waals surface area (Å²) in [5, 5.41) is 2.71. The second-order valence-electron chi connectivity index (χ2n) is 9.14. The van der Waals surface area contributed by atoms with E-state index in [-0.39, 0.29) is 37.1 Å². The number of carbonyl (C=O) groups is 5. The molecular formula is C25H43N3O7. The second kappa shape index (κ2) is 15.9. The lowest BCUT2D eigenvalue weighted by molar-refractivity contribution is -0.161. The van der Waals surface area contributed by atoms with Crippen LogP contribution < -0.4 is 5.32 Å². The number of likely N-dealkylation sites (N-methyl/N-ethyl adjacent to an activating group) is 2. The minimum Gasteiger partial charge on any atom is -0.468 e. The fraction of sp³-hybridized carbons (Fsp3) is 0.720. The molecule has 4 atom stereocenters. The lowest BCUT2D eigenvalue weighted by Gasteiger charge is -2.37. The number of esters is 2. The van der Waals surface area contributed by atoms with E-state index in [1.807, 2.05) is 39.8 Å². The van der Waals surface area contributed by atoms with Crippen molar-refractivity contribution in [2.75, 3.05) is 27.7 Å². The summed E-state index contributed by atoms with van der Waals surface area (Å²) in [6.07, 6.45) is 3.78.